The molecule has 1 aliphatic heterocycles. The van der Waals surface area contributed by atoms with Gasteiger partial charge in [-0.1, -0.05) is 18.2 Å². The van der Waals surface area contributed by atoms with Gasteiger partial charge in [-0.25, -0.2) is 19.4 Å². The molecule has 3 aromatic rings. The van der Waals surface area contributed by atoms with E-state index in [0.717, 1.165) is 17.5 Å². The number of carbonyl (C=O) groups is 1. The molecule has 0 spiro atoms. The minimum atomic E-state index is -0.815. The predicted octanol–water partition coefficient (Wildman–Crippen LogP) is 1.87. The van der Waals surface area contributed by atoms with E-state index in [-0.39, 0.29) is 0 Å². The lowest BCUT2D eigenvalue weighted by atomic mass is 10.2. The van der Waals surface area contributed by atoms with Gasteiger partial charge in [-0.05, 0) is 25.0 Å². The Hall–Kier alpha value is -2.96. The van der Waals surface area contributed by atoms with Gasteiger partial charge in [0, 0.05) is 6.54 Å². The zero-order valence-electron chi connectivity index (χ0n) is 12.3. The Labute approximate surface area is 132 Å². The smallest absolute Gasteiger partial charge is 0.326 e. The van der Waals surface area contributed by atoms with Crippen LogP contribution in [0.3, 0.4) is 0 Å². The SMILES string of the molecule is O=C(O)[C@H]1CCCN1c1ncnc2c1cnn2-c1ccccc1. The molecule has 0 radical (unpaired) electrons. The summed E-state index contributed by atoms with van der Waals surface area (Å²) in [7, 11) is 0. The van der Waals surface area contributed by atoms with Gasteiger partial charge in [0.1, 0.15) is 18.2 Å². The van der Waals surface area contributed by atoms with Crippen LogP contribution in [0.1, 0.15) is 12.8 Å². The summed E-state index contributed by atoms with van der Waals surface area (Å²) >= 11 is 0. The number of anilines is 1. The third kappa shape index (κ3) is 2.21. The van der Waals surface area contributed by atoms with Crippen LogP contribution in [-0.4, -0.2) is 43.4 Å². The second-order valence-corrected chi connectivity index (χ2v) is 5.52. The summed E-state index contributed by atoms with van der Waals surface area (Å²) in [5.41, 5.74) is 1.58. The number of rotatable bonds is 3. The first-order valence-corrected chi connectivity index (χ1v) is 7.49. The highest BCUT2D eigenvalue weighted by molar-refractivity contribution is 5.90. The quantitative estimate of drug-likeness (QED) is 0.795. The number of benzene rings is 1. The Morgan fingerprint density at radius 3 is 2.83 bits per heavy atom. The van der Waals surface area contributed by atoms with Crippen LogP contribution in [0.25, 0.3) is 16.7 Å². The number of carboxylic acid groups (broad SMARTS) is 1. The number of carboxylic acids is 1. The van der Waals surface area contributed by atoms with E-state index in [0.29, 0.717) is 24.4 Å². The van der Waals surface area contributed by atoms with E-state index < -0.39 is 12.0 Å². The van der Waals surface area contributed by atoms with E-state index in [1.807, 2.05) is 35.2 Å². The summed E-state index contributed by atoms with van der Waals surface area (Å²) in [6.07, 6.45) is 4.65. The Morgan fingerprint density at radius 2 is 2.04 bits per heavy atom. The molecule has 7 heteroatoms. The van der Waals surface area contributed by atoms with Crippen molar-refractivity contribution in [1.82, 2.24) is 19.7 Å². The maximum atomic E-state index is 11.4. The molecule has 0 bridgehead atoms. The van der Waals surface area contributed by atoms with Crippen LogP contribution < -0.4 is 4.90 Å². The number of aromatic nitrogens is 4. The number of para-hydroxylation sites is 1. The fourth-order valence-electron chi connectivity index (χ4n) is 3.10. The van der Waals surface area contributed by atoms with Gasteiger partial charge >= 0.3 is 5.97 Å². The largest absolute Gasteiger partial charge is 0.480 e. The molecule has 0 aliphatic carbocycles. The molecule has 1 atom stereocenters. The van der Waals surface area contributed by atoms with Crippen molar-refractivity contribution in [3.63, 3.8) is 0 Å². The van der Waals surface area contributed by atoms with Crippen molar-refractivity contribution in [3.8, 4) is 5.69 Å². The molecule has 0 saturated carbocycles. The fraction of sp³-hybridized carbons (Fsp3) is 0.250. The molecule has 23 heavy (non-hydrogen) atoms. The Kier molecular flexibility index (Phi) is 3.18. The van der Waals surface area contributed by atoms with E-state index in [2.05, 4.69) is 15.1 Å². The number of aliphatic carboxylic acids is 1. The zero-order chi connectivity index (χ0) is 15.8. The van der Waals surface area contributed by atoms with Gasteiger partial charge in [-0.3, -0.25) is 0 Å². The first-order chi connectivity index (χ1) is 11.3. The molecule has 1 aliphatic rings. The molecule has 2 aromatic heterocycles. The minimum absolute atomic E-state index is 0.534. The Morgan fingerprint density at radius 1 is 1.22 bits per heavy atom. The van der Waals surface area contributed by atoms with E-state index in [9.17, 15) is 9.90 Å². The zero-order valence-corrected chi connectivity index (χ0v) is 12.3. The monoisotopic (exact) mass is 309 g/mol. The highest BCUT2D eigenvalue weighted by Gasteiger charge is 2.32. The lowest BCUT2D eigenvalue weighted by molar-refractivity contribution is -0.138. The summed E-state index contributed by atoms with van der Waals surface area (Å²) < 4.78 is 1.74. The molecular weight excluding hydrogens is 294 g/mol. The third-order valence-electron chi connectivity index (χ3n) is 4.16. The van der Waals surface area contributed by atoms with Crippen molar-refractivity contribution in [2.45, 2.75) is 18.9 Å². The van der Waals surface area contributed by atoms with Crippen LogP contribution in [0.5, 0.6) is 0 Å². The average molecular weight is 309 g/mol. The molecule has 0 unspecified atom stereocenters. The van der Waals surface area contributed by atoms with Crippen molar-refractivity contribution < 1.29 is 9.90 Å². The van der Waals surface area contributed by atoms with E-state index >= 15 is 0 Å². The van der Waals surface area contributed by atoms with E-state index in [1.54, 1.807) is 10.9 Å². The van der Waals surface area contributed by atoms with Gasteiger partial charge in [-0.15, -0.1) is 0 Å². The number of hydrogen-bond donors (Lipinski definition) is 1. The molecule has 1 N–H and O–H groups in total. The number of nitrogens with zero attached hydrogens (tertiary/aromatic N) is 5. The van der Waals surface area contributed by atoms with Crippen LogP contribution in [0.4, 0.5) is 5.82 Å². The van der Waals surface area contributed by atoms with E-state index in [1.165, 1.54) is 6.33 Å². The Bertz CT molecular complexity index is 861. The fourth-order valence-corrected chi connectivity index (χ4v) is 3.10. The van der Waals surface area contributed by atoms with Gasteiger partial charge in [0.05, 0.1) is 17.3 Å². The molecule has 0 amide bonds. The summed E-state index contributed by atoms with van der Waals surface area (Å²) in [6, 6.07) is 9.18. The lowest BCUT2D eigenvalue weighted by Crippen LogP contribution is -2.36. The summed E-state index contributed by atoms with van der Waals surface area (Å²) in [6.45, 7) is 0.680. The molecule has 3 heterocycles. The minimum Gasteiger partial charge on any atom is -0.480 e. The average Bonchev–Trinajstić information content (AvgIpc) is 3.22. The first kappa shape index (κ1) is 13.7. The molecule has 1 aromatic carbocycles. The van der Waals surface area contributed by atoms with Crippen molar-refractivity contribution >= 4 is 22.8 Å². The molecule has 116 valence electrons. The third-order valence-corrected chi connectivity index (χ3v) is 4.16. The topological polar surface area (TPSA) is 84.1 Å². The number of hydrogen-bond acceptors (Lipinski definition) is 5. The molecular formula is C16H15N5O2. The van der Waals surface area contributed by atoms with Crippen LogP contribution in [0.15, 0.2) is 42.9 Å². The molecule has 7 nitrogen and oxygen atoms in total. The van der Waals surface area contributed by atoms with Crippen LogP contribution >= 0.6 is 0 Å². The highest BCUT2D eigenvalue weighted by atomic mass is 16.4. The standard InChI is InChI=1S/C16H15N5O2/c22-16(23)13-7-4-8-20(13)14-12-9-19-21(15(12)18-10-17-14)11-5-2-1-3-6-11/h1-3,5-6,9-10,13H,4,7-8H2,(H,22,23)/t13-/m1/s1. The van der Waals surface area contributed by atoms with Crippen LogP contribution in [0.2, 0.25) is 0 Å². The maximum absolute atomic E-state index is 11.4. The summed E-state index contributed by atoms with van der Waals surface area (Å²) in [5.74, 6) is -0.174. The van der Waals surface area contributed by atoms with Gasteiger partial charge in [0.15, 0.2) is 5.65 Å². The number of fused-ring (bicyclic) bond motifs is 1. The van der Waals surface area contributed by atoms with Crippen molar-refractivity contribution in [1.29, 1.82) is 0 Å². The molecule has 4 rings (SSSR count). The Balaban J connectivity index is 1.84. The van der Waals surface area contributed by atoms with Crippen LogP contribution in [0, 0.1) is 0 Å². The van der Waals surface area contributed by atoms with Crippen molar-refractivity contribution in [2.24, 2.45) is 0 Å². The maximum Gasteiger partial charge on any atom is 0.326 e. The van der Waals surface area contributed by atoms with Crippen molar-refractivity contribution in [2.75, 3.05) is 11.4 Å². The molecule has 1 saturated heterocycles. The summed E-state index contributed by atoms with van der Waals surface area (Å²) in [5, 5.41) is 14.6. The van der Waals surface area contributed by atoms with E-state index in [4.69, 9.17) is 0 Å². The second-order valence-electron chi connectivity index (χ2n) is 5.52. The second kappa shape index (κ2) is 5.35. The van der Waals surface area contributed by atoms with Gasteiger partial charge < -0.3 is 10.0 Å². The molecule has 1 fully saturated rings. The first-order valence-electron chi connectivity index (χ1n) is 7.49. The van der Waals surface area contributed by atoms with Crippen LogP contribution in [-0.2, 0) is 4.79 Å². The van der Waals surface area contributed by atoms with Crippen molar-refractivity contribution in [3.05, 3.63) is 42.9 Å². The summed E-state index contributed by atoms with van der Waals surface area (Å²) in [4.78, 5) is 21.9. The van der Waals surface area contributed by atoms with Gasteiger partial charge in [-0.2, -0.15) is 5.10 Å². The highest BCUT2D eigenvalue weighted by Crippen LogP contribution is 2.30. The lowest BCUT2D eigenvalue weighted by Gasteiger charge is -2.22. The van der Waals surface area contributed by atoms with Gasteiger partial charge in [0.25, 0.3) is 0 Å². The normalized spacial score (nSPS) is 17.7. The van der Waals surface area contributed by atoms with Gasteiger partial charge in [0.2, 0.25) is 0 Å². The predicted molar refractivity (Wildman–Crippen MR) is 84.7 cm³/mol.